The number of anilines is 1. The number of aryl methyl sites for hydroxylation is 1. The molecule has 2 aliphatic heterocycles. The molecule has 0 aliphatic carbocycles. The molecule has 39 heavy (non-hydrogen) atoms. The fourth-order valence-electron chi connectivity index (χ4n) is 5.32. The fourth-order valence-corrected chi connectivity index (χ4v) is 5.32. The van der Waals surface area contributed by atoms with E-state index in [9.17, 15) is 13.6 Å². The Kier molecular flexibility index (Phi) is 6.61. The summed E-state index contributed by atoms with van der Waals surface area (Å²) in [6.07, 6.45) is 3.61. The average Bonchev–Trinajstić information content (AvgIpc) is 3.58. The largest absolute Gasteiger partial charge is 0.378 e. The van der Waals surface area contributed by atoms with Crippen molar-refractivity contribution in [1.29, 1.82) is 0 Å². The van der Waals surface area contributed by atoms with Crippen LogP contribution in [0.3, 0.4) is 0 Å². The van der Waals surface area contributed by atoms with Crippen LogP contribution in [0.4, 0.5) is 19.4 Å². The molecule has 2 aromatic carbocycles. The van der Waals surface area contributed by atoms with Crippen molar-refractivity contribution in [2.75, 3.05) is 31.6 Å². The molecule has 2 fully saturated rings. The van der Waals surface area contributed by atoms with Crippen molar-refractivity contribution in [1.82, 2.24) is 29.8 Å². The van der Waals surface area contributed by atoms with Gasteiger partial charge in [-0.3, -0.25) is 14.9 Å². The maximum absolute atomic E-state index is 14.1. The highest BCUT2D eigenvalue weighted by atomic mass is 19.2. The molecule has 2 amide bonds. The second-order valence-corrected chi connectivity index (χ2v) is 10.1. The number of hydrogen-bond donors (Lipinski definition) is 2. The first-order valence-corrected chi connectivity index (χ1v) is 12.9. The van der Waals surface area contributed by atoms with Gasteiger partial charge in [0.2, 0.25) is 0 Å². The first-order valence-electron chi connectivity index (χ1n) is 12.9. The van der Waals surface area contributed by atoms with Crippen molar-refractivity contribution in [3.63, 3.8) is 0 Å². The number of aromatic nitrogens is 4. The lowest BCUT2D eigenvalue weighted by molar-refractivity contribution is -0.0577. The van der Waals surface area contributed by atoms with Crippen LogP contribution in [-0.4, -0.2) is 68.9 Å². The highest BCUT2D eigenvalue weighted by Crippen LogP contribution is 2.33. The smallest absolute Gasteiger partial charge is 0.320 e. The van der Waals surface area contributed by atoms with Crippen molar-refractivity contribution in [2.24, 2.45) is 7.05 Å². The Labute approximate surface area is 224 Å². The first kappa shape index (κ1) is 25.2. The summed E-state index contributed by atoms with van der Waals surface area (Å²) in [6, 6.07) is 13.0. The molecule has 2 atom stereocenters. The van der Waals surface area contributed by atoms with Crippen molar-refractivity contribution in [3.8, 4) is 16.9 Å². The van der Waals surface area contributed by atoms with E-state index >= 15 is 0 Å². The maximum atomic E-state index is 14.1. The summed E-state index contributed by atoms with van der Waals surface area (Å²) in [5.41, 5.74) is 3.77. The lowest BCUT2D eigenvalue weighted by Crippen LogP contribution is -2.49. The Balaban J connectivity index is 1.28. The van der Waals surface area contributed by atoms with Crippen LogP contribution in [0, 0.1) is 18.6 Å². The van der Waals surface area contributed by atoms with E-state index in [1.165, 1.54) is 6.07 Å². The summed E-state index contributed by atoms with van der Waals surface area (Å²) < 4.78 is 36.5. The van der Waals surface area contributed by atoms with Gasteiger partial charge in [-0.25, -0.2) is 18.3 Å². The monoisotopic (exact) mass is 533 g/mol. The SMILES string of the molecule is Cc1c(-c2cnn(C)c2)nn(-c2ccccc2)c1NC(=O)N[C@@H]1CN(C2COC2)C[C@H]1c1ccc(F)c(F)c1. The van der Waals surface area contributed by atoms with Crippen molar-refractivity contribution in [3.05, 3.63) is 83.7 Å². The molecular weight excluding hydrogens is 504 g/mol. The normalized spacial score (nSPS) is 19.7. The van der Waals surface area contributed by atoms with Crippen LogP contribution < -0.4 is 10.6 Å². The number of nitrogens with one attached hydrogen (secondary N) is 2. The van der Waals surface area contributed by atoms with Crippen LogP contribution in [-0.2, 0) is 11.8 Å². The Morgan fingerprint density at radius 2 is 1.87 bits per heavy atom. The molecule has 2 saturated heterocycles. The summed E-state index contributed by atoms with van der Waals surface area (Å²) in [5, 5.41) is 15.2. The molecule has 202 valence electrons. The third-order valence-corrected chi connectivity index (χ3v) is 7.51. The van der Waals surface area contributed by atoms with E-state index in [-0.39, 0.29) is 18.0 Å². The third-order valence-electron chi connectivity index (χ3n) is 7.51. The van der Waals surface area contributed by atoms with Gasteiger partial charge in [-0.05, 0) is 36.8 Å². The van der Waals surface area contributed by atoms with Crippen LogP contribution in [0.25, 0.3) is 16.9 Å². The molecule has 4 heterocycles. The Hall–Kier alpha value is -4.09. The number of rotatable bonds is 6. The number of urea groups is 1. The number of likely N-dealkylation sites (tertiary alicyclic amines) is 1. The van der Waals surface area contributed by atoms with Gasteiger partial charge in [0, 0.05) is 43.4 Å². The Morgan fingerprint density at radius 3 is 2.54 bits per heavy atom. The minimum atomic E-state index is -0.897. The lowest BCUT2D eigenvalue weighted by Gasteiger charge is -2.34. The van der Waals surface area contributed by atoms with Gasteiger partial charge in [0.25, 0.3) is 0 Å². The number of amides is 2. The molecule has 11 heteroatoms. The molecule has 6 rings (SSSR count). The molecule has 2 aromatic heterocycles. The number of halogens is 2. The van der Waals surface area contributed by atoms with Crippen LogP contribution in [0.1, 0.15) is 17.0 Å². The minimum absolute atomic E-state index is 0.211. The molecule has 9 nitrogen and oxygen atoms in total. The van der Waals surface area contributed by atoms with Gasteiger partial charge < -0.3 is 10.1 Å². The zero-order valence-electron chi connectivity index (χ0n) is 21.6. The van der Waals surface area contributed by atoms with Crippen molar-refractivity contribution < 1.29 is 18.3 Å². The zero-order chi connectivity index (χ0) is 27.1. The molecule has 0 saturated carbocycles. The third kappa shape index (κ3) is 4.90. The van der Waals surface area contributed by atoms with E-state index in [2.05, 4.69) is 20.6 Å². The van der Waals surface area contributed by atoms with Gasteiger partial charge >= 0.3 is 6.03 Å². The van der Waals surface area contributed by atoms with Gasteiger partial charge in [-0.15, -0.1) is 0 Å². The summed E-state index contributed by atoms with van der Waals surface area (Å²) in [5.74, 6) is -1.47. The van der Waals surface area contributed by atoms with Gasteiger partial charge in [-0.1, -0.05) is 24.3 Å². The van der Waals surface area contributed by atoms with Gasteiger partial charge in [0.1, 0.15) is 11.5 Å². The minimum Gasteiger partial charge on any atom is -0.378 e. The predicted molar refractivity (Wildman–Crippen MR) is 142 cm³/mol. The lowest BCUT2D eigenvalue weighted by atomic mass is 9.94. The van der Waals surface area contributed by atoms with Crippen LogP contribution in [0.2, 0.25) is 0 Å². The van der Waals surface area contributed by atoms with Gasteiger partial charge in [0.15, 0.2) is 11.6 Å². The summed E-state index contributed by atoms with van der Waals surface area (Å²) in [4.78, 5) is 15.7. The number of para-hydroxylation sites is 1. The summed E-state index contributed by atoms with van der Waals surface area (Å²) in [6.45, 7) is 4.33. The topological polar surface area (TPSA) is 89.2 Å². The van der Waals surface area contributed by atoms with E-state index in [1.54, 1.807) is 21.6 Å². The highest BCUT2D eigenvalue weighted by molar-refractivity contribution is 5.91. The van der Waals surface area contributed by atoms with Crippen LogP contribution in [0.5, 0.6) is 0 Å². The average molecular weight is 534 g/mol. The number of benzene rings is 2. The number of nitrogens with zero attached hydrogens (tertiary/aromatic N) is 5. The highest BCUT2D eigenvalue weighted by Gasteiger charge is 2.40. The predicted octanol–water partition coefficient (Wildman–Crippen LogP) is 3.85. The second kappa shape index (κ2) is 10.2. The molecule has 0 spiro atoms. The Bertz CT molecular complexity index is 1500. The number of carbonyl (C=O) groups excluding carboxylic acids is 1. The second-order valence-electron chi connectivity index (χ2n) is 10.1. The fraction of sp³-hybridized carbons (Fsp3) is 0.321. The number of hydrogen-bond acceptors (Lipinski definition) is 5. The number of ether oxygens (including phenoxy) is 1. The molecule has 0 unspecified atom stereocenters. The van der Waals surface area contributed by atoms with E-state index in [0.29, 0.717) is 43.4 Å². The first-order chi connectivity index (χ1) is 18.9. The summed E-state index contributed by atoms with van der Waals surface area (Å²) in [7, 11) is 1.84. The van der Waals surface area contributed by atoms with Crippen LogP contribution >= 0.6 is 0 Å². The van der Waals surface area contributed by atoms with Gasteiger partial charge in [-0.2, -0.15) is 10.2 Å². The maximum Gasteiger partial charge on any atom is 0.320 e. The van der Waals surface area contributed by atoms with E-state index < -0.39 is 17.7 Å². The van der Waals surface area contributed by atoms with Crippen molar-refractivity contribution >= 4 is 11.8 Å². The molecule has 0 bridgehead atoms. The molecule has 2 aliphatic rings. The van der Waals surface area contributed by atoms with Gasteiger partial charge in [0.05, 0.1) is 37.2 Å². The van der Waals surface area contributed by atoms with E-state index in [1.807, 2.05) is 50.5 Å². The molecule has 2 N–H and O–H groups in total. The molecule has 0 radical (unpaired) electrons. The van der Waals surface area contributed by atoms with Crippen LogP contribution in [0.15, 0.2) is 60.9 Å². The van der Waals surface area contributed by atoms with E-state index in [0.717, 1.165) is 22.9 Å². The molecular formula is C28H29F2N7O2. The Morgan fingerprint density at radius 1 is 1.08 bits per heavy atom. The van der Waals surface area contributed by atoms with Crippen molar-refractivity contribution in [2.45, 2.75) is 24.9 Å². The molecule has 4 aromatic rings. The number of carbonyl (C=O) groups is 1. The summed E-state index contributed by atoms with van der Waals surface area (Å²) >= 11 is 0. The zero-order valence-corrected chi connectivity index (χ0v) is 21.6. The standard InChI is InChI=1S/C28H29F2N7O2/c1-17-26(19-11-31-35(2)12-19)34-37(20-6-4-3-5-7-20)27(17)33-28(38)32-25-14-36(21-15-39-16-21)13-22(25)18-8-9-23(29)24(30)10-18/h3-12,21-22,25H,13-16H2,1-2H3,(H2,32,33,38)/t22-,25+/m0/s1. The van der Waals surface area contributed by atoms with E-state index in [4.69, 9.17) is 9.84 Å². The quantitative estimate of drug-likeness (QED) is 0.393.